The molecule has 236 valence electrons. The number of sulfonamides is 1. The summed E-state index contributed by atoms with van der Waals surface area (Å²) in [6.45, 7) is 4.84. The van der Waals surface area contributed by atoms with E-state index in [9.17, 15) is 18.0 Å². The molecular formula is C34H35Cl2N3O5S. The molecule has 0 aliphatic carbocycles. The fourth-order valence-corrected chi connectivity index (χ4v) is 6.19. The van der Waals surface area contributed by atoms with Crippen molar-refractivity contribution in [3.63, 3.8) is 0 Å². The second kappa shape index (κ2) is 15.3. The Kier molecular flexibility index (Phi) is 11.5. The van der Waals surface area contributed by atoms with Gasteiger partial charge in [0.2, 0.25) is 11.8 Å². The van der Waals surface area contributed by atoms with Gasteiger partial charge in [0.1, 0.15) is 24.1 Å². The monoisotopic (exact) mass is 667 g/mol. The lowest BCUT2D eigenvalue weighted by molar-refractivity contribution is -0.139. The van der Waals surface area contributed by atoms with Crippen molar-refractivity contribution in [2.45, 2.75) is 50.7 Å². The van der Waals surface area contributed by atoms with Crippen LogP contribution in [-0.4, -0.2) is 43.8 Å². The van der Waals surface area contributed by atoms with E-state index >= 15 is 0 Å². The Balaban J connectivity index is 1.70. The van der Waals surface area contributed by atoms with Gasteiger partial charge in [-0.25, -0.2) is 8.42 Å². The molecule has 0 aliphatic rings. The summed E-state index contributed by atoms with van der Waals surface area (Å²) in [5.74, 6) is 0.163. The van der Waals surface area contributed by atoms with E-state index in [0.29, 0.717) is 33.5 Å². The van der Waals surface area contributed by atoms with E-state index in [1.54, 1.807) is 79.7 Å². The highest BCUT2D eigenvalue weighted by Crippen LogP contribution is 2.29. The fraction of sp³-hybridized carbons (Fsp3) is 0.235. The zero-order chi connectivity index (χ0) is 32.6. The van der Waals surface area contributed by atoms with Gasteiger partial charge in [-0.1, -0.05) is 72.6 Å². The van der Waals surface area contributed by atoms with E-state index in [-0.39, 0.29) is 29.1 Å². The Morgan fingerprint density at radius 1 is 0.822 bits per heavy atom. The van der Waals surface area contributed by atoms with E-state index in [1.165, 1.54) is 17.0 Å². The number of hydrogen-bond donors (Lipinski definition) is 1. The van der Waals surface area contributed by atoms with Crippen LogP contribution in [0.2, 0.25) is 10.0 Å². The molecule has 4 aromatic carbocycles. The standard InChI is InChI=1S/C34H35Cl2N3O5S/c1-4-24(2)37-34(41)25(3)38(22-26-15-20-31(35)32(36)21-26)33(40)23-39(45(42,43)30-13-9-6-10-14-30)27-16-18-29(19-17-27)44-28-11-7-5-8-12-28/h5-21,24-25H,4,22-23H2,1-3H3,(H,37,41)/t24-,25-/m0/s1. The normalized spacial score (nSPS) is 12.6. The van der Waals surface area contributed by atoms with Crippen molar-refractivity contribution in [2.24, 2.45) is 0 Å². The SMILES string of the molecule is CC[C@H](C)NC(=O)[C@H](C)N(Cc1ccc(Cl)c(Cl)c1)C(=O)CN(c1ccc(Oc2ccccc2)cc1)S(=O)(=O)c1ccccc1. The first-order chi connectivity index (χ1) is 21.5. The van der Waals surface area contributed by atoms with E-state index in [1.807, 2.05) is 32.0 Å². The number of amides is 2. The third-order valence-electron chi connectivity index (χ3n) is 7.22. The fourth-order valence-electron chi connectivity index (χ4n) is 4.44. The first kappa shape index (κ1) is 33.8. The van der Waals surface area contributed by atoms with Crippen LogP contribution in [0, 0.1) is 0 Å². The summed E-state index contributed by atoms with van der Waals surface area (Å²) in [4.78, 5) is 28.7. The van der Waals surface area contributed by atoms with Crippen LogP contribution in [0.3, 0.4) is 0 Å². The van der Waals surface area contributed by atoms with E-state index in [4.69, 9.17) is 27.9 Å². The van der Waals surface area contributed by atoms with Crippen LogP contribution in [0.25, 0.3) is 0 Å². The molecule has 0 heterocycles. The maximum atomic E-state index is 14.1. The summed E-state index contributed by atoms with van der Waals surface area (Å²) in [5.41, 5.74) is 0.875. The quantitative estimate of drug-likeness (QED) is 0.161. The summed E-state index contributed by atoms with van der Waals surface area (Å²) in [7, 11) is -4.20. The number of rotatable bonds is 13. The predicted octanol–water partition coefficient (Wildman–Crippen LogP) is 7.31. The molecule has 0 bridgehead atoms. The minimum absolute atomic E-state index is 0.00606. The predicted molar refractivity (Wildman–Crippen MR) is 178 cm³/mol. The van der Waals surface area contributed by atoms with Crippen LogP contribution in [0.15, 0.2) is 108 Å². The summed E-state index contributed by atoms with van der Waals surface area (Å²) < 4.78 is 34.9. The third kappa shape index (κ3) is 8.78. The molecule has 1 N–H and O–H groups in total. The number of para-hydroxylation sites is 1. The highest BCUT2D eigenvalue weighted by atomic mass is 35.5. The maximum absolute atomic E-state index is 14.1. The minimum atomic E-state index is -4.20. The molecule has 0 aromatic heterocycles. The molecule has 2 amide bonds. The largest absolute Gasteiger partial charge is 0.457 e. The van der Waals surface area contributed by atoms with Crippen molar-refractivity contribution in [3.05, 3.63) is 119 Å². The third-order valence-corrected chi connectivity index (χ3v) is 9.75. The first-order valence-corrected chi connectivity index (χ1v) is 16.6. The molecule has 45 heavy (non-hydrogen) atoms. The summed E-state index contributed by atoms with van der Waals surface area (Å²) in [6.07, 6.45) is 0.701. The molecule has 0 aliphatic heterocycles. The van der Waals surface area contributed by atoms with Crippen LogP contribution < -0.4 is 14.4 Å². The number of hydrogen-bond acceptors (Lipinski definition) is 5. The van der Waals surface area contributed by atoms with Crippen LogP contribution in [-0.2, 0) is 26.2 Å². The van der Waals surface area contributed by atoms with Gasteiger partial charge in [-0.15, -0.1) is 0 Å². The second-order valence-corrected chi connectivity index (χ2v) is 13.2. The molecule has 0 saturated carbocycles. The molecule has 2 atom stereocenters. The Morgan fingerprint density at radius 3 is 2.02 bits per heavy atom. The topological polar surface area (TPSA) is 96.0 Å². The van der Waals surface area contributed by atoms with Crippen molar-refractivity contribution in [3.8, 4) is 11.5 Å². The summed E-state index contributed by atoms with van der Waals surface area (Å²) in [5, 5.41) is 3.56. The Morgan fingerprint density at radius 2 is 1.42 bits per heavy atom. The van der Waals surface area contributed by atoms with Gasteiger partial charge >= 0.3 is 0 Å². The van der Waals surface area contributed by atoms with Crippen molar-refractivity contribution >= 4 is 50.7 Å². The van der Waals surface area contributed by atoms with Crippen molar-refractivity contribution in [1.29, 1.82) is 0 Å². The van der Waals surface area contributed by atoms with Gasteiger partial charge in [-0.2, -0.15) is 0 Å². The summed E-state index contributed by atoms with van der Waals surface area (Å²) in [6, 6.07) is 27.4. The molecule has 0 radical (unpaired) electrons. The molecule has 8 nitrogen and oxygen atoms in total. The molecule has 11 heteroatoms. The molecule has 4 rings (SSSR count). The molecular weight excluding hydrogens is 633 g/mol. The lowest BCUT2D eigenvalue weighted by atomic mass is 10.1. The van der Waals surface area contributed by atoms with Crippen molar-refractivity contribution in [1.82, 2.24) is 10.2 Å². The number of carbonyl (C=O) groups excluding carboxylic acids is 2. The smallest absolute Gasteiger partial charge is 0.264 e. The molecule has 0 saturated heterocycles. The summed E-state index contributed by atoms with van der Waals surface area (Å²) >= 11 is 12.4. The van der Waals surface area contributed by atoms with Gasteiger partial charge in [0.25, 0.3) is 10.0 Å². The number of benzene rings is 4. The van der Waals surface area contributed by atoms with Crippen LogP contribution in [0.1, 0.15) is 32.8 Å². The Bertz CT molecular complexity index is 1710. The maximum Gasteiger partial charge on any atom is 0.264 e. The van der Waals surface area contributed by atoms with E-state index in [2.05, 4.69) is 5.32 Å². The number of nitrogens with one attached hydrogen (secondary N) is 1. The van der Waals surface area contributed by atoms with Gasteiger partial charge in [0.15, 0.2) is 0 Å². The second-order valence-electron chi connectivity index (χ2n) is 10.5. The van der Waals surface area contributed by atoms with Crippen LogP contribution in [0.5, 0.6) is 11.5 Å². The first-order valence-electron chi connectivity index (χ1n) is 14.4. The highest BCUT2D eigenvalue weighted by molar-refractivity contribution is 7.92. The van der Waals surface area contributed by atoms with Crippen molar-refractivity contribution in [2.75, 3.05) is 10.8 Å². The Labute approximate surface area is 274 Å². The van der Waals surface area contributed by atoms with Gasteiger partial charge in [0.05, 0.1) is 20.6 Å². The molecule has 0 spiro atoms. The Hall–Kier alpha value is -4.05. The van der Waals surface area contributed by atoms with E-state index in [0.717, 1.165) is 4.31 Å². The highest BCUT2D eigenvalue weighted by Gasteiger charge is 2.33. The van der Waals surface area contributed by atoms with Crippen LogP contribution in [0.4, 0.5) is 5.69 Å². The lowest BCUT2D eigenvalue weighted by Crippen LogP contribution is -2.52. The molecule has 4 aromatic rings. The zero-order valence-corrected chi connectivity index (χ0v) is 27.5. The van der Waals surface area contributed by atoms with Crippen molar-refractivity contribution < 1.29 is 22.7 Å². The lowest BCUT2D eigenvalue weighted by Gasteiger charge is -2.32. The average molecular weight is 669 g/mol. The average Bonchev–Trinajstić information content (AvgIpc) is 3.04. The van der Waals surface area contributed by atoms with Gasteiger partial charge in [-0.05, 0) is 86.5 Å². The molecule has 0 fully saturated rings. The number of carbonyl (C=O) groups is 2. The number of ether oxygens (including phenoxy) is 1. The molecule has 0 unspecified atom stereocenters. The number of anilines is 1. The zero-order valence-electron chi connectivity index (χ0n) is 25.2. The number of nitrogens with zero attached hydrogens (tertiary/aromatic N) is 2. The van der Waals surface area contributed by atoms with Crippen LogP contribution >= 0.6 is 23.2 Å². The number of halogens is 2. The van der Waals surface area contributed by atoms with E-state index < -0.39 is 28.5 Å². The van der Waals surface area contributed by atoms with Gasteiger partial charge in [0, 0.05) is 12.6 Å². The van der Waals surface area contributed by atoms with Gasteiger partial charge in [-0.3, -0.25) is 13.9 Å². The minimum Gasteiger partial charge on any atom is -0.457 e. The van der Waals surface area contributed by atoms with Gasteiger partial charge < -0.3 is 15.0 Å².